The average molecular weight is 375 g/mol. The summed E-state index contributed by atoms with van der Waals surface area (Å²) in [7, 11) is 0. The molecule has 3 heterocycles. The van der Waals surface area contributed by atoms with Gasteiger partial charge in [-0.05, 0) is 61.9 Å². The van der Waals surface area contributed by atoms with Gasteiger partial charge in [-0.1, -0.05) is 31.2 Å². The molecule has 0 spiro atoms. The molecule has 2 fully saturated rings. The molecule has 1 N–H and O–H groups in total. The molecule has 0 saturated carbocycles. The van der Waals surface area contributed by atoms with Gasteiger partial charge in [0.15, 0.2) is 5.76 Å². The minimum absolute atomic E-state index is 0. The molecule has 1 aromatic carbocycles. The number of benzene rings is 1. The van der Waals surface area contributed by atoms with E-state index >= 15 is 0 Å². The number of furan rings is 1. The molecule has 1 amide bonds. The first kappa shape index (κ1) is 19.0. The number of hydrogen-bond acceptors (Lipinski definition) is 3. The molecule has 1 aromatic heterocycles. The van der Waals surface area contributed by atoms with Crippen molar-refractivity contribution < 1.29 is 9.21 Å². The van der Waals surface area contributed by atoms with Crippen molar-refractivity contribution >= 4 is 18.3 Å². The van der Waals surface area contributed by atoms with Gasteiger partial charge in [0.25, 0.3) is 5.91 Å². The normalized spacial score (nSPS) is 22.4. The van der Waals surface area contributed by atoms with Gasteiger partial charge in [0.1, 0.15) is 5.76 Å². The number of carbonyl (C=O) groups excluding carboxylic acids is 1. The van der Waals surface area contributed by atoms with Gasteiger partial charge < -0.3 is 14.6 Å². The molecule has 4 nitrogen and oxygen atoms in total. The monoisotopic (exact) mass is 374 g/mol. The molecule has 0 unspecified atom stereocenters. The van der Waals surface area contributed by atoms with E-state index < -0.39 is 0 Å². The van der Waals surface area contributed by atoms with Gasteiger partial charge in [-0.3, -0.25) is 4.79 Å². The van der Waals surface area contributed by atoms with Gasteiger partial charge in [0.05, 0.1) is 0 Å². The zero-order chi connectivity index (χ0) is 17.2. The van der Waals surface area contributed by atoms with Crippen LogP contribution in [0.15, 0.2) is 40.8 Å². The molecule has 26 heavy (non-hydrogen) atoms. The molecular formula is C21H27ClN2O2. The predicted molar refractivity (Wildman–Crippen MR) is 106 cm³/mol. The second-order valence-corrected chi connectivity index (χ2v) is 7.26. The summed E-state index contributed by atoms with van der Waals surface area (Å²) in [5, 5.41) is 3.48. The number of amides is 1. The van der Waals surface area contributed by atoms with Crippen LogP contribution in [0, 0.1) is 11.8 Å². The molecule has 0 aliphatic carbocycles. The SMILES string of the molecule is CCc1ccc(-c2ccc(C(=O)N3CC[C@@H]4CNC[C@@H]4CC3)o2)cc1.Cl. The Kier molecular flexibility index (Phi) is 6.05. The summed E-state index contributed by atoms with van der Waals surface area (Å²) in [5.74, 6) is 2.70. The third kappa shape index (κ3) is 3.81. The fraction of sp³-hybridized carbons (Fsp3) is 0.476. The summed E-state index contributed by atoms with van der Waals surface area (Å²) in [5.41, 5.74) is 2.32. The Labute approximate surface area is 161 Å². The fourth-order valence-electron chi connectivity index (χ4n) is 4.09. The molecule has 0 bridgehead atoms. The zero-order valence-electron chi connectivity index (χ0n) is 15.2. The van der Waals surface area contributed by atoms with E-state index in [-0.39, 0.29) is 18.3 Å². The topological polar surface area (TPSA) is 45.5 Å². The van der Waals surface area contributed by atoms with E-state index in [0.29, 0.717) is 5.76 Å². The maximum absolute atomic E-state index is 12.8. The lowest BCUT2D eigenvalue weighted by Crippen LogP contribution is -2.32. The Balaban J connectivity index is 0.00000196. The summed E-state index contributed by atoms with van der Waals surface area (Å²) in [6, 6.07) is 12.1. The molecule has 5 heteroatoms. The maximum Gasteiger partial charge on any atom is 0.289 e. The van der Waals surface area contributed by atoms with Crippen LogP contribution in [0.1, 0.15) is 35.9 Å². The summed E-state index contributed by atoms with van der Waals surface area (Å²) in [6.45, 7) is 6.02. The molecule has 2 aliphatic heterocycles. The van der Waals surface area contributed by atoms with Crippen molar-refractivity contribution in [2.45, 2.75) is 26.2 Å². The molecule has 140 valence electrons. The van der Waals surface area contributed by atoms with E-state index in [1.165, 1.54) is 5.56 Å². The van der Waals surface area contributed by atoms with E-state index in [4.69, 9.17) is 4.42 Å². The van der Waals surface area contributed by atoms with Gasteiger partial charge in [-0.15, -0.1) is 12.4 Å². The maximum atomic E-state index is 12.8. The Bertz CT molecular complexity index is 727. The number of halogens is 1. The number of nitrogens with one attached hydrogen (secondary N) is 1. The van der Waals surface area contributed by atoms with E-state index in [0.717, 1.165) is 68.6 Å². The lowest BCUT2D eigenvalue weighted by atomic mass is 9.92. The zero-order valence-corrected chi connectivity index (χ0v) is 16.1. The molecule has 2 atom stereocenters. The number of likely N-dealkylation sites (tertiary alicyclic amines) is 1. The van der Waals surface area contributed by atoms with Gasteiger partial charge in [-0.2, -0.15) is 0 Å². The van der Waals surface area contributed by atoms with Crippen LogP contribution in [0.3, 0.4) is 0 Å². The van der Waals surface area contributed by atoms with Gasteiger partial charge in [0, 0.05) is 18.7 Å². The van der Waals surface area contributed by atoms with E-state index in [9.17, 15) is 4.79 Å². The highest BCUT2D eigenvalue weighted by Crippen LogP contribution is 2.29. The molecule has 0 radical (unpaired) electrons. The Morgan fingerprint density at radius 1 is 1.08 bits per heavy atom. The van der Waals surface area contributed by atoms with Crippen molar-refractivity contribution in [1.29, 1.82) is 0 Å². The fourth-order valence-corrected chi connectivity index (χ4v) is 4.09. The summed E-state index contributed by atoms with van der Waals surface area (Å²) < 4.78 is 5.89. The summed E-state index contributed by atoms with van der Waals surface area (Å²) in [4.78, 5) is 14.8. The molecule has 4 rings (SSSR count). The van der Waals surface area contributed by atoms with Crippen LogP contribution in [0.5, 0.6) is 0 Å². The smallest absolute Gasteiger partial charge is 0.289 e. The highest BCUT2D eigenvalue weighted by Gasteiger charge is 2.32. The standard InChI is InChI=1S/C21H26N2O2.ClH/c1-2-15-3-5-16(6-4-15)19-7-8-20(25-19)21(24)23-11-9-17-13-22-14-18(17)10-12-23;/h3-8,17-18,22H,2,9-14H2,1H3;1H/t17-,18+;. The first-order valence-corrected chi connectivity index (χ1v) is 9.43. The number of hydrogen-bond donors (Lipinski definition) is 1. The Hall–Kier alpha value is -1.78. The van der Waals surface area contributed by atoms with Crippen molar-refractivity contribution in [3.63, 3.8) is 0 Å². The molecule has 2 aromatic rings. The van der Waals surface area contributed by atoms with Gasteiger partial charge >= 0.3 is 0 Å². The van der Waals surface area contributed by atoms with E-state index in [1.807, 2.05) is 17.0 Å². The minimum atomic E-state index is 0. The lowest BCUT2D eigenvalue weighted by molar-refractivity contribution is 0.0727. The van der Waals surface area contributed by atoms with Crippen molar-refractivity contribution in [3.8, 4) is 11.3 Å². The van der Waals surface area contributed by atoms with Crippen LogP contribution in [0.4, 0.5) is 0 Å². The highest BCUT2D eigenvalue weighted by atomic mass is 35.5. The second-order valence-electron chi connectivity index (χ2n) is 7.26. The van der Waals surface area contributed by atoms with Crippen LogP contribution < -0.4 is 5.32 Å². The van der Waals surface area contributed by atoms with E-state index in [1.54, 1.807) is 0 Å². The molecular weight excluding hydrogens is 348 g/mol. The first-order valence-electron chi connectivity index (χ1n) is 9.43. The first-order chi connectivity index (χ1) is 12.2. The van der Waals surface area contributed by atoms with Crippen molar-refractivity contribution in [3.05, 3.63) is 47.7 Å². The Morgan fingerprint density at radius 3 is 2.35 bits per heavy atom. The van der Waals surface area contributed by atoms with Gasteiger partial charge in [0.2, 0.25) is 0 Å². The summed E-state index contributed by atoms with van der Waals surface area (Å²) in [6.07, 6.45) is 3.21. The van der Waals surface area contributed by atoms with Crippen LogP contribution >= 0.6 is 12.4 Å². The number of nitrogens with zero attached hydrogens (tertiary/aromatic N) is 1. The lowest BCUT2D eigenvalue weighted by Gasteiger charge is -2.19. The van der Waals surface area contributed by atoms with Crippen molar-refractivity contribution in [1.82, 2.24) is 10.2 Å². The van der Waals surface area contributed by atoms with Gasteiger partial charge in [-0.25, -0.2) is 0 Å². The number of fused-ring (bicyclic) bond motifs is 1. The third-order valence-corrected chi connectivity index (χ3v) is 5.77. The van der Waals surface area contributed by atoms with E-state index in [2.05, 4.69) is 36.5 Å². The minimum Gasteiger partial charge on any atom is -0.451 e. The molecule has 2 saturated heterocycles. The van der Waals surface area contributed by atoms with Crippen LogP contribution in [0.2, 0.25) is 0 Å². The molecule has 2 aliphatic rings. The largest absolute Gasteiger partial charge is 0.451 e. The second kappa shape index (κ2) is 8.28. The quantitative estimate of drug-likeness (QED) is 0.883. The van der Waals surface area contributed by atoms with Crippen molar-refractivity contribution in [2.24, 2.45) is 11.8 Å². The number of aryl methyl sites for hydroxylation is 1. The van der Waals surface area contributed by atoms with Crippen LogP contribution in [-0.4, -0.2) is 37.0 Å². The average Bonchev–Trinajstić information content (AvgIpc) is 3.27. The van der Waals surface area contributed by atoms with Crippen LogP contribution in [-0.2, 0) is 6.42 Å². The Morgan fingerprint density at radius 2 is 1.73 bits per heavy atom. The predicted octanol–water partition coefficient (Wildman–Crippen LogP) is 4.00. The summed E-state index contributed by atoms with van der Waals surface area (Å²) >= 11 is 0. The number of rotatable bonds is 3. The third-order valence-electron chi connectivity index (χ3n) is 5.77. The number of carbonyl (C=O) groups is 1. The highest BCUT2D eigenvalue weighted by molar-refractivity contribution is 5.92. The van der Waals surface area contributed by atoms with Crippen LogP contribution in [0.25, 0.3) is 11.3 Å². The van der Waals surface area contributed by atoms with Crippen molar-refractivity contribution in [2.75, 3.05) is 26.2 Å².